The van der Waals surface area contributed by atoms with Gasteiger partial charge in [0.15, 0.2) is 0 Å². The number of rotatable bonds is 6. The normalized spacial score (nSPS) is 22.5. The van der Waals surface area contributed by atoms with Crippen LogP contribution in [0.15, 0.2) is 0 Å². The van der Waals surface area contributed by atoms with E-state index in [1.165, 1.54) is 4.90 Å². The molecule has 1 aliphatic rings. The molecule has 6 heteroatoms. The van der Waals surface area contributed by atoms with E-state index < -0.39 is 5.97 Å². The van der Waals surface area contributed by atoms with Crippen molar-refractivity contribution < 1.29 is 14.7 Å². The summed E-state index contributed by atoms with van der Waals surface area (Å²) in [5.41, 5.74) is 0. The number of nitrogens with one attached hydrogen (secondary N) is 1. The second kappa shape index (κ2) is 7.62. The fourth-order valence-electron chi connectivity index (χ4n) is 2.35. The first-order chi connectivity index (χ1) is 8.93. The van der Waals surface area contributed by atoms with Crippen molar-refractivity contribution in [3.8, 4) is 0 Å². The largest absolute Gasteiger partial charge is 0.480 e. The fourth-order valence-corrected chi connectivity index (χ4v) is 3.49. The average Bonchev–Trinajstić information content (AvgIpc) is 2.73. The Labute approximate surface area is 119 Å². The van der Waals surface area contributed by atoms with Crippen LogP contribution in [-0.4, -0.2) is 51.6 Å². The first-order valence-electron chi connectivity index (χ1n) is 6.84. The van der Waals surface area contributed by atoms with E-state index in [1.807, 2.05) is 25.6 Å². The molecule has 0 saturated heterocycles. The number of amides is 2. The van der Waals surface area contributed by atoms with Gasteiger partial charge in [0.2, 0.25) is 0 Å². The number of aliphatic carboxylic acids is 1. The number of hydrogen-bond donors (Lipinski definition) is 2. The van der Waals surface area contributed by atoms with E-state index in [9.17, 15) is 9.59 Å². The Hall–Kier alpha value is -0.910. The maximum absolute atomic E-state index is 12.1. The lowest BCUT2D eigenvalue weighted by molar-refractivity contribution is -0.138. The first-order valence-corrected chi connectivity index (χ1v) is 7.89. The summed E-state index contributed by atoms with van der Waals surface area (Å²) in [6.45, 7) is 5.55. The third-order valence-electron chi connectivity index (χ3n) is 3.30. The van der Waals surface area contributed by atoms with Gasteiger partial charge in [0, 0.05) is 17.3 Å². The Morgan fingerprint density at radius 3 is 2.63 bits per heavy atom. The van der Waals surface area contributed by atoms with Gasteiger partial charge in [-0.05, 0) is 38.9 Å². The summed E-state index contributed by atoms with van der Waals surface area (Å²) < 4.78 is 0. The summed E-state index contributed by atoms with van der Waals surface area (Å²) in [7, 11) is 0. The van der Waals surface area contributed by atoms with Gasteiger partial charge in [0.25, 0.3) is 0 Å². The maximum Gasteiger partial charge on any atom is 0.323 e. The van der Waals surface area contributed by atoms with Crippen LogP contribution in [0.3, 0.4) is 0 Å². The molecule has 0 radical (unpaired) electrons. The van der Waals surface area contributed by atoms with E-state index >= 15 is 0 Å². The van der Waals surface area contributed by atoms with Crippen LogP contribution < -0.4 is 5.32 Å². The molecule has 1 rings (SSSR count). The lowest BCUT2D eigenvalue weighted by Gasteiger charge is -2.27. The van der Waals surface area contributed by atoms with Gasteiger partial charge in [0.1, 0.15) is 6.54 Å². The van der Waals surface area contributed by atoms with Gasteiger partial charge in [-0.15, -0.1) is 0 Å². The molecular formula is C13H24N2O3S. The number of hydrogen-bond acceptors (Lipinski definition) is 3. The molecule has 110 valence electrons. The molecule has 1 aliphatic carbocycles. The van der Waals surface area contributed by atoms with Gasteiger partial charge < -0.3 is 15.3 Å². The van der Waals surface area contributed by atoms with Gasteiger partial charge in [0.05, 0.1) is 0 Å². The highest BCUT2D eigenvalue weighted by atomic mass is 32.2. The Morgan fingerprint density at radius 2 is 2.11 bits per heavy atom. The van der Waals surface area contributed by atoms with Crippen molar-refractivity contribution in [2.24, 2.45) is 0 Å². The van der Waals surface area contributed by atoms with Crippen LogP contribution in [0.2, 0.25) is 0 Å². The van der Waals surface area contributed by atoms with Crippen LogP contribution >= 0.6 is 11.8 Å². The summed E-state index contributed by atoms with van der Waals surface area (Å²) in [5.74, 6) is 0.123. The van der Waals surface area contributed by atoms with Crippen molar-refractivity contribution in [2.45, 2.75) is 57.4 Å². The average molecular weight is 288 g/mol. The number of carbonyl (C=O) groups is 2. The summed E-state index contributed by atoms with van der Waals surface area (Å²) in [6, 6.07) is -0.186. The highest BCUT2D eigenvalue weighted by Crippen LogP contribution is 2.29. The minimum Gasteiger partial charge on any atom is -0.480 e. The van der Waals surface area contributed by atoms with Gasteiger partial charge in [-0.25, -0.2) is 4.79 Å². The van der Waals surface area contributed by atoms with E-state index in [0.717, 1.165) is 25.0 Å². The summed E-state index contributed by atoms with van der Waals surface area (Å²) >= 11 is 1.94. The second-order valence-corrected chi connectivity index (χ2v) is 6.73. The van der Waals surface area contributed by atoms with E-state index in [1.54, 1.807) is 0 Å². The van der Waals surface area contributed by atoms with Crippen LogP contribution in [0.5, 0.6) is 0 Å². The Morgan fingerprint density at radius 1 is 1.42 bits per heavy atom. The number of urea groups is 1. The minimum absolute atomic E-state index is 0.113. The monoisotopic (exact) mass is 288 g/mol. The highest BCUT2D eigenvalue weighted by Gasteiger charge is 2.28. The molecule has 0 spiro atoms. The molecule has 1 fully saturated rings. The quantitative estimate of drug-likeness (QED) is 0.786. The van der Waals surface area contributed by atoms with E-state index in [-0.39, 0.29) is 24.7 Å². The Balaban J connectivity index is 2.46. The second-order valence-electron chi connectivity index (χ2n) is 5.15. The molecule has 0 aromatic rings. The van der Waals surface area contributed by atoms with E-state index in [2.05, 4.69) is 12.2 Å². The first kappa shape index (κ1) is 16.1. The maximum atomic E-state index is 12.1. The molecule has 2 N–H and O–H groups in total. The number of thioether (sulfide) groups is 1. The Kier molecular flexibility index (Phi) is 6.48. The number of carboxylic acid groups (broad SMARTS) is 1. The van der Waals surface area contributed by atoms with Crippen molar-refractivity contribution in [1.29, 1.82) is 0 Å². The van der Waals surface area contributed by atoms with Gasteiger partial charge >= 0.3 is 12.0 Å². The number of carbonyl (C=O) groups excluding carboxylic acids is 1. The molecule has 2 amide bonds. The van der Waals surface area contributed by atoms with Gasteiger partial charge in [-0.3, -0.25) is 4.79 Å². The zero-order valence-corrected chi connectivity index (χ0v) is 12.7. The third kappa shape index (κ3) is 5.30. The molecule has 0 bridgehead atoms. The summed E-state index contributed by atoms with van der Waals surface area (Å²) in [4.78, 5) is 24.2. The SMILES string of the molecule is CCSC1CCC(NC(=O)N(CC(=O)O)C(C)C)C1. The molecule has 0 aromatic carbocycles. The number of carboxylic acids is 1. The van der Waals surface area contributed by atoms with Crippen molar-refractivity contribution >= 4 is 23.8 Å². The van der Waals surface area contributed by atoms with Crippen molar-refractivity contribution in [3.63, 3.8) is 0 Å². The molecule has 19 heavy (non-hydrogen) atoms. The number of nitrogens with zero attached hydrogens (tertiary/aromatic N) is 1. The van der Waals surface area contributed by atoms with Crippen LogP contribution in [0, 0.1) is 0 Å². The summed E-state index contributed by atoms with van der Waals surface area (Å²) in [5, 5.41) is 12.4. The molecule has 0 aliphatic heterocycles. The fraction of sp³-hybridized carbons (Fsp3) is 0.846. The zero-order chi connectivity index (χ0) is 14.4. The minimum atomic E-state index is -0.977. The third-order valence-corrected chi connectivity index (χ3v) is 4.54. The van der Waals surface area contributed by atoms with E-state index in [4.69, 9.17) is 5.11 Å². The van der Waals surface area contributed by atoms with Crippen LogP contribution in [-0.2, 0) is 4.79 Å². The molecule has 1 saturated carbocycles. The smallest absolute Gasteiger partial charge is 0.323 e. The van der Waals surface area contributed by atoms with Gasteiger partial charge in [-0.1, -0.05) is 6.92 Å². The van der Waals surface area contributed by atoms with Crippen LogP contribution in [0.4, 0.5) is 4.79 Å². The van der Waals surface area contributed by atoms with E-state index in [0.29, 0.717) is 5.25 Å². The summed E-state index contributed by atoms with van der Waals surface area (Å²) in [6.07, 6.45) is 3.11. The molecular weight excluding hydrogens is 264 g/mol. The Bertz CT molecular complexity index is 323. The highest BCUT2D eigenvalue weighted by molar-refractivity contribution is 7.99. The standard InChI is InChI=1S/C13H24N2O3S/c1-4-19-11-6-5-10(7-11)14-13(18)15(9(2)3)8-12(16)17/h9-11H,4-8H2,1-3H3,(H,14,18)(H,16,17). The topological polar surface area (TPSA) is 69.6 Å². The molecule has 2 unspecified atom stereocenters. The van der Waals surface area contributed by atoms with Crippen molar-refractivity contribution in [1.82, 2.24) is 10.2 Å². The van der Waals surface area contributed by atoms with Gasteiger partial charge in [-0.2, -0.15) is 11.8 Å². The predicted octanol–water partition coefficient (Wildman–Crippen LogP) is 2.17. The van der Waals surface area contributed by atoms with Crippen LogP contribution in [0.25, 0.3) is 0 Å². The lowest BCUT2D eigenvalue weighted by Crippen LogP contribution is -2.49. The predicted molar refractivity (Wildman–Crippen MR) is 77.6 cm³/mol. The molecule has 0 heterocycles. The zero-order valence-electron chi connectivity index (χ0n) is 11.9. The van der Waals surface area contributed by atoms with Crippen molar-refractivity contribution in [2.75, 3.05) is 12.3 Å². The molecule has 0 aromatic heterocycles. The lowest BCUT2D eigenvalue weighted by atomic mass is 10.2. The van der Waals surface area contributed by atoms with Crippen LogP contribution in [0.1, 0.15) is 40.0 Å². The molecule has 5 nitrogen and oxygen atoms in total. The molecule has 2 atom stereocenters. The van der Waals surface area contributed by atoms with Crippen molar-refractivity contribution in [3.05, 3.63) is 0 Å².